The van der Waals surface area contributed by atoms with Gasteiger partial charge in [0.15, 0.2) is 11.9 Å². The first-order valence-corrected chi connectivity index (χ1v) is 19.1. The normalized spacial score (nSPS) is 11.6. The topological polar surface area (TPSA) is 197 Å². The van der Waals surface area contributed by atoms with Crippen LogP contribution in [-0.2, 0) is 35.0 Å². The molecule has 0 saturated heterocycles. The van der Waals surface area contributed by atoms with Crippen LogP contribution in [0.25, 0.3) is 0 Å². The van der Waals surface area contributed by atoms with Crippen molar-refractivity contribution < 1.29 is 44.3 Å². The van der Waals surface area contributed by atoms with Gasteiger partial charge in [0.05, 0.1) is 20.9 Å². The molecule has 10 nitrogen and oxygen atoms in total. The average molecular weight is 925 g/mol. The third kappa shape index (κ3) is 11.3. The SMILES string of the molecule is CCc1cc(S(=O)(=O)c2ccc(Br)cc2)c(C(F)(F)F)cc1C(=O)N=C(N)N.CCc1cc(Sc2ccc(Br)cc2)c(C(F)(F)F)cc1C(=O)N=C(N)N. The Bertz CT molecular complexity index is 2210. The summed E-state index contributed by atoms with van der Waals surface area (Å²) in [5, 5.41) is 0. The van der Waals surface area contributed by atoms with Crippen LogP contribution in [0.5, 0.6) is 0 Å². The van der Waals surface area contributed by atoms with Crippen LogP contribution in [0.15, 0.2) is 111 Å². The van der Waals surface area contributed by atoms with E-state index in [1.165, 1.54) is 30.3 Å². The number of guanidine groups is 2. The van der Waals surface area contributed by atoms with E-state index >= 15 is 0 Å². The van der Waals surface area contributed by atoms with Gasteiger partial charge in [-0.05, 0) is 96.8 Å². The fraction of sp³-hybridized carbons (Fsp3) is 0.176. The fourth-order valence-electron chi connectivity index (χ4n) is 4.70. The lowest BCUT2D eigenvalue weighted by Gasteiger charge is -2.17. The van der Waals surface area contributed by atoms with Gasteiger partial charge in [-0.15, -0.1) is 0 Å². The van der Waals surface area contributed by atoms with E-state index in [0.29, 0.717) is 27.4 Å². The number of amides is 2. The molecule has 0 saturated carbocycles. The van der Waals surface area contributed by atoms with Crippen LogP contribution in [0.3, 0.4) is 0 Å². The summed E-state index contributed by atoms with van der Waals surface area (Å²) in [6, 6.07) is 15.6. The molecule has 54 heavy (non-hydrogen) atoms. The molecule has 0 atom stereocenters. The van der Waals surface area contributed by atoms with Gasteiger partial charge in [-0.3, -0.25) is 9.59 Å². The summed E-state index contributed by atoms with van der Waals surface area (Å²) in [6.07, 6.45) is -9.22. The molecule has 0 unspecified atom stereocenters. The highest BCUT2D eigenvalue weighted by atomic mass is 79.9. The lowest BCUT2D eigenvalue weighted by Crippen LogP contribution is -2.25. The van der Waals surface area contributed by atoms with E-state index in [1.54, 1.807) is 38.1 Å². The number of nitrogens with zero attached hydrogens (tertiary/aromatic N) is 2. The molecule has 4 aromatic rings. The number of hydrogen-bond donors (Lipinski definition) is 4. The molecular formula is C34H30Br2F6N6O4S2. The zero-order chi connectivity index (χ0) is 40.8. The zero-order valence-electron chi connectivity index (χ0n) is 28.0. The van der Waals surface area contributed by atoms with Crippen LogP contribution in [0.2, 0.25) is 0 Å². The summed E-state index contributed by atoms with van der Waals surface area (Å²) >= 11 is 7.40. The van der Waals surface area contributed by atoms with Gasteiger partial charge >= 0.3 is 12.4 Å². The van der Waals surface area contributed by atoms with Crippen molar-refractivity contribution in [2.75, 3.05) is 0 Å². The number of aryl methyl sites for hydroxylation is 2. The highest BCUT2D eigenvalue weighted by molar-refractivity contribution is 9.10. The van der Waals surface area contributed by atoms with Crippen molar-refractivity contribution in [1.29, 1.82) is 0 Å². The number of nitrogens with two attached hydrogens (primary N) is 4. The fourth-order valence-corrected chi connectivity index (χ4v) is 7.75. The third-order valence-corrected chi connectivity index (χ3v) is 11.1. The maximum atomic E-state index is 13.6. The van der Waals surface area contributed by atoms with Crippen molar-refractivity contribution in [3.8, 4) is 0 Å². The Morgan fingerprint density at radius 1 is 0.667 bits per heavy atom. The molecule has 0 fully saturated rings. The first kappa shape index (κ1) is 44.0. The molecule has 4 rings (SSSR count). The number of carbonyl (C=O) groups is 2. The van der Waals surface area contributed by atoms with E-state index < -0.39 is 67.5 Å². The first-order valence-electron chi connectivity index (χ1n) is 15.2. The van der Waals surface area contributed by atoms with Gasteiger partial charge in [0.1, 0.15) is 0 Å². The van der Waals surface area contributed by atoms with E-state index in [2.05, 4.69) is 41.8 Å². The molecule has 288 valence electrons. The molecule has 0 aliphatic carbocycles. The molecule has 20 heteroatoms. The second kappa shape index (κ2) is 17.8. The van der Waals surface area contributed by atoms with Gasteiger partial charge < -0.3 is 22.9 Å². The summed E-state index contributed by atoms with van der Waals surface area (Å²) in [5.41, 5.74) is 18.1. The summed E-state index contributed by atoms with van der Waals surface area (Å²) in [4.78, 5) is 30.2. The Morgan fingerprint density at radius 3 is 1.48 bits per heavy atom. The number of alkyl halides is 6. The van der Waals surface area contributed by atoms with E-state index in [1.807, 2.05) is 0 Å². The minimum absolute atomic E-state index is 0.0120. The van der Waals surface area contributed by atoms with Crippen molar-refractivity contribution in [3.05, 3.63) is 115 Å². The minimum Gasteiger partial charge on any atom is -0.370 e. The van der Waals surface area contributed by atoms with Crippen LogP contribution in [-0.4, -0.2) is 32.2 Å². The van der Waals surface area contributed by atoms with Gasteiger partial charge in [-0.25, -0.2) is 8.42 Å². The highest BCUT2D eigenvalue weighted by Crippen LogP contribution is 2.42. The molecule has 2 amide bonds. The second-order valence-corrected chi connectivity index (χ2v) is 15.8. The minimum atomic E-state index is -5.03. The van der Waals surface area contributed by atoms with E-state index in [0.717, 1.165) is 28.4 Å². The van der Waals surface area contributed by atoms with Crippen LogP contribution in [0, 0.1) is 0 Å². The molecule has 0 heterocycles. The van der Waals surface area contributed by atoms with Crippen molar-refractivity contribution in [2.24, 2.45) is 32.9 Å². The van der Waals surface area contributed by atoms with Gasteiger partial charge in [-0.2, -0.15) is 36.3 Å². The summed E-state index contributed by atoms with van der Waals surface area (Å²) < 4.78 is 109. The quantitative estimate of drug-likeness (QED) is 0.0772. The number of sulfone groups is 1. The largest absolute Gasteiger partial charge is 0.417 e. The molecule has 0 aliphatic heterocycles. The van der Waals surface area contributed by atoms with Crippen LogP contribution >= 0.6 is 43.6 Å². The zero-order valence-corrected chi connectivity index (χ0v) is 32.8. The monoisotopic (exact) mass is 922 g/mol. The number of benzene rings is 4. The smallest absolute Gasteiger partial charge is 0.370 e. The van der Waals surface area contributed by atoms with Crippen LogP contribution in [0.4, 0.5) is 26.3 Å². The standard InChI is InChI=1S/C17H15BrF3N3O3S.C17H15BrF3N3OS/c1-2-9-7-14(28(26,27)11-5-3-10(18)4-6-11)13(17(19,20)21)8-12(9)15(25)24-16(22)23;1-2-9-7-14(26-11-5-3-10(18)4-6-11)13(17(19,20)21)8-12(9)15(25)24-16(22)23/h3-8H,2H2,1H3,(H4,22,23,24,25);3-8H,2H2,1H3,(H4,22,23,24,25). The average Bonchev–Trinajstić information content (AvgIpc) is 3.07. The predicted molar refractivity (Wildman–Crippen MR) is 200 cm³/mol. The van der Waals surface area contributed by atoms with E-state index in [9.17, 15) is 44.3 Å². The maximum Gasteiger partial charge on any atom is 0.417 e. The Labute approximate surface area is 326 Å². The first-order chi connectivity index (χ1) is 25.0. The predicted octanol–water partition coefficient (Wildman–Crippen LogP) is 7.87. The Morgan fingerprint density at radius 2 is 1.07 bits per heavy atom. The van der Waals surface area contributed by atoms with Gasteiger partial charge in [-0.1, -0.05) is 57.5 Å². The lowest BCUT2D eigenvalue weighted by molar-refractivity contribution is -0.140. The molecule has 0 bridgehead atoms. The third-order valence-electron chi connectivity index (χ3n) is 7.16. The van der Waals surface area contributed by atoms with Crippen molar-refractivity contribution in [1.82, 2.24) is 0 Å². The lowest BCUT2D eigenvalue weighted by atomic mass is 10.0. The molecular weight excluding hydrogens is 894 g/mol. The summed E-state index contributed by atoms with van der Waals surface area (Å²) in [5.74, 6) is -3.10. The van der Waals surface area contributed by atoms with Crippen molar-refractivity contribution >= 4 is 77.2 Å². The molecule has 0 aliphatic rings. The Balaban J connectivity index is 0.000000291. The van der Waals surface area contributed by atoms with Gasteiger partial charge in [0.2, 0.25) is 9.84 Å². The molecule has 0 radical (unpaired) electrons. The van der Waals surface area contributed by atoms with Crippen LogP contribution < -0.4 is 22.9 Å². The number of hydrogen-bond acceptors (Lipinski definition) is 5. The molecule has 0 spiro atoms. The Kier molecular flexibility index (Phi) is 14.5. The van der Waals surface area contributed by atoms with Crippen molar-refractivity contribution in [3.63, 3.8) is 0 Å². The van der Waals surface area contributed by atoms with E-state index in [-0.39, 0.29) is 27.3 Å². The Hall–Kier alpha value is -4.40. The molecule has 4 aromatic carbocycles. The summed E-state index contributed by atoms with van der Waals surface area (Å²) in [7, 11) is -4.50. The highest BCUT2D eigenvalue weighted by Gasteiger charge is 2.39. The van der Waals surface area contributed by atoms with Gasteiger partial charge in [0, 0.05) is 29.9 Å². The summed E-state index contributed by atoms with van der Waals surface area (Å²) in [6.45, 7) is 3.30. The maximum absolute atomic E-state index is 13.6. The number of rotatable bonds is 8. The number of carbonyl (C=O) groups excluding carboxylic acids is 2. The molecule has 0 aromatic heterocycles. The van der Waals surface area contributed by atoms with Crippen LogP contribution in [0.1, 0.15) is 56.8 Å². The number of halogens is 8. The number of aliphatic imine (C=N–C) groups is 2. The second-order valence-electron chi connectivity index (χ2n) is 10.9. The van der Waals surface area contributed by atoms with E-state index in [4.69, 9.17) is 22.9 Å². The van der Waals surface area contributed by atoms with Gasteiger partial charge in [0.25, 0.3) is 11.8 Å². The van der Waals surface area contributed by atoms with Crippen molar-refractivity contribution in [2.45, 2.75) is 58.6 Å². The molecule has 8 N–H and O–H groups in total.